The minimum Gasteiger partial charge on any atom is -0.340 e. The summed E-state index contributed by atoms with van der Waals surface area (Å²) in [5, 5.41) is 5.37. The lowest BCUT2D eigenvalue weighted by atomic mass is 10.2. The maximum Gasteiger partial charge on any atom is 0.175 e. The first-order valence-electron chi connectivity index (χ1n) is 9.31. The van der Waals surface area contributed by atoms with Gasteiger partial charge < -0.3 is 5.32 Å². The summed E-state index contributed by atoms with van der Waals surface area (Å²) in [5.41, 5.74) is 2.67. The number of halogens is 2. The third kappa shape index (κ3) is 5.25. The normalized spacial score (nSPS) is 11.8. The molecule has 4 rings (SSSR count). The van der Waals surface area contributed by atoms with Crippen molar-refractivity contribution in [3.8, 4) is 0 Å². The van der Waals surface area contributed by atoms with Crippen LogP contribution in [-0.4, -0.2) is 18.4 Å². The monoisotopic (exact) mass is 453 g/mol. The lowest BCUT2D eigenvalue weighted by Crippen LogP contribution is -2.01. The third-order valence-corrected chi connectivity index (χ3v) is 6.16. The summed E-state index contributed by atoms with van der Waals surface area (Å²) in [4.78, 5) is 8.52. The van der Waals surface area contributed by atoms with Crippen LogP contribution in [0.4, 0.5) is 15.9 Å². The maximum atomic E-state index is 13.1. The van der Waals surface area contributed by atoms with Crippen LogP contribution in [0.15, 0.2) is 78.5 Å². The van der Waals surface area contributed by atoms with E-state index in [2.05, 4.69) is 15.3 Å². The van der Waals surface area contributed by atoms with Crippen LogP contribution in [0.3, 0.4) is 0 Å². The Balaban J connectivity index is 1.47. The van der Waals surface area contributed by atoms with Crippen LogP contribution in [0, 0.1) is 5.82 Å². The molecular weight excluding hydrogens is 437 g/mol. The Bertz CT molecular complexity index is 1370. The number of sulfone groups is 1. The number of benzene rings is 3. The second kappa shape index (κ2) is 8.83. The molecule has 156 valence electrons. The molecule has 0 atom stereocenters. The number of rotatable bonds is 6. The predicted octanol–water partition coefficient (Wildman–Crippen LogP) is 5.75. The van der Waals surface area contributed by atoms with E-state index in [9.17, 15) is 12.8 Å². The Morgan fingerprint density at radius 3 is 2.55 bits per heavy atom. The molecule has 0 bridgehead atoms. The zero-order valence-corrected chi connectivity index (χ0v) is 17.7. The van der Waals surface area contributed by atoms with Gasteiger partial charge in [-0.15, -0.1) is 0 Å². The van der Waals surface area contributed by atoms with Crippen molar-refractivity contribution in [2.75, 3.05) is 5.32 Å². The molecule has 0 aliphatic heterocycles. The molecule has 0 saturated carbocycles. The topological polar surface area (TPSA) is 72.0 Å². The highest BCUT2D eigenvalue weighted by Crippen LogP contribution is 2.24. The van der Waals surface area contributed by atoms with Gasteiger partial charge in [0.05, 0.1) is 16.3 Å². The molecule has 0 aliphatic carbocycles. The fraction of sp³-hybridized carbons (Fsp3) is 0.0435. The van der Waals surface area contributed by atoms with Crippen LogP contribution in [0.1, 0.15) is 11.1 Å². The van der Waals surface area contributed by atoms with Gasteiger partial charge in [-0.25, -0.2) is 22.8 Å². The van der Waals surface area contributed by atoms with E-state index >= 15 is 0 Å². The molecule has 3 aromatic carbocycles. The lowest BCUT2D eigenvalue weighted by molar-refractivity contribution is 0.604. The van der Waals surface area contributed by atoms with Crippen LogP contribution >= 0.6 is 11.6 Å². The molecule has 0 spiro atoms. The van der Waals surface area contributed by atoms with Crippen LogP contribution in [0.5, 0.6) is 0 Å². The Morgan fingerprint density at radius 2 is 1.77 bits per heavy atom. The van der Waals surface area contributed by atoms with Crippen molar-refractivity contribution in [2.24, 2.45) is 0 Å². The van der Waals surface area contributed by atoms with E-state index in [1.54, 1.807) is 24.3 Å². The molecule has 1 aromatic heterocycles. The Morgan fingerprint density at radius 1 is 1.00 bits per heavy atom. The van der Waals surface area contributed by atoms with Crippen molar-refractivity contribution < 1.29 is 12.8 Å². The first-order chi connectivity index (χ1) is 14.9. The summed E-state index contributed by atoms with van der Waals surface area (Å²) >= 11 is 5.94. The SMILES string of the molecule is O=S(=O)(/C=C/c1ccc(F)cc1Cl)Cc1ccc(Nc2ncnc3ccccc23)cc1. The molecule has 1 N–H and O–H groups in total. The zero-order valence-electron chi connectivity index (χ0n) is 16.2. The summed E-state index contributed by atoms with van der Waals surface area (Å²) in [5.74, 6) is 0.0257. The van der Waals surface area contributed by atoms with E-state index in [0.29, 0.717) is 16.9 Å². The van der Waals surface area contributed by atoms with Crippen LogP contribution in [0.25, 0.3) is 17.0 Å². The highest BCUT2D eigenvalue weighted by atomic mass is 35.5. The molecule has 8 heteroatoms. The number of anilines is 2. The van der Waals surface area contributed by atoms with Crippen molar-refractivity contribution in [2.45, 2.75) is 5.75 Å². The van der Waals surface area contributed by atoms with E-state index in [-0.39, 0.29) is 10.8 Å². The number of hydrogen-bond acceptors (Lipinski definition) is 5. The molecular formula is C23H17ClFN3O2S. The number of hydrogen-bond donors (Lipinski definition) is 1. The third-order valence-electron chi connectivity index (χ3n) is 4.54. The summed E-state index contributed by atoms with van der Waals surface area (Å²) in [6.07, 6.45) is 2.86. The fourth-order valence-corrected chi connectivity index (χ4v) is 4.36. The molecule has 1 heterocycles. The van der Waals surface area contributed by atoms with E-state index in [1.165, 1.54) is 24.5 Å². The molecule has 5 nitrogen and oxygen atoms in total. The quantitative estimate of drug-likeness (QED) is 0.402. The number of para-hydroxylation sites is 1. The molecule has 4 aromatic rings. The minimum absolute atomic E-state index is 0.152. The van der Waals surface area contributed by atoms with E-state index in [1.807, 2.05) is 24.3 Å². The van der Waals surface area contributed by atoms with Crippen LogP contribution in [-0.2, 0) is 15.6 Å². The largest absolute Gasteiger partial charge is 0.340 e. The summed E-state index contributed by atoms with van der Waals surface area (Å²) in [6.45, 7) is 0. The maximum absolute atomic E-state index is 13.1. The molecule has 0 aliphatic rings. The molecule has 0 radical (unpaired) electrons. The van der Waals surface area contributed by atoms with Gasteiger partial charge in [0, 0.05) is 16.5 Å². The van der Waals surface area contributed by atoms with Crippen LogP contribution in [0.2, 0.25) is 5.02 Å². The van der Waals surface area contributed by atoms with E-state index in [0.717, 1.165) is 28.1 Å². The summed E-state index contributed by atoms with van der Waals surface area (Å²) in [6, 6.07) is 18.5. The van der Waals surface area contributed by atoms with Gasteiger partial charge in [0.15, 0.2) is 9.84 Å². The van der Waals surface area contributed by atoms with Crippen molar-refractivity contribution in [1.82, 2.24) is 9.97 Å². The van der Waals surface area contributed by atoms with Crippen LogP contribution < -0.4 is 5.32 Å². The van der Waals surface area contributed by atoms with Gasteiger partial charge in [0.25, 0.3) is 0 Å². The number of nitrogens with zero attached hydrogens (tertiary/aromatic N) is 2. The fourth-order valence-electron chi connectivity index (χ4n) is 3.02. The number of nitrogens with one attached hydrogen (secondary N) is 1. The summed E-state index contributed by atoms with van der Waals surface area (Å²) < 4.78 is 38.0. The van der Waals surface area contributed by atoms with Crippen molar-refractivity contribution in [1.29, 1.82) is 0 Å². The Kier molecular flexibility index (Phi) is 5.97. The molecule has 0 saturated heterocycles. The molecule has 31 heavy (non-hydrogen) atoms. The molecule has 0 fully saturated rings. The molecule has 0 unspecified atom stereocenters. The van der Waals surface area contributed by atoms with Gasteiger partial charge in [0.1, 0.15) is 18.0 Å². The minimum atomic E-state index is -3.53. The van der Waals surface area contributed by atoms with Gasteiger partial charge in [-0.1, -0.05) is 41.9 Å². The van der Waals surface area contributed by atoms with Gasteiger partial charge in [0.2, 0.25) is 0 Å². The highest BCUT2D eigenvalue weighted by Gasteiger charge is 2.10. The van der Waals surface area contributed by atoms with Crippen molar-refractivity contribution in [3.05, 3.63) is 100 Å². The second-order valence-electron chi connectivity index (χ2n) is 6.84. The smallest absolute Gasteiger partial charge is 0.175 e. The number of fused-ring (bicyclic) bond motifs is 1. The Labute approximate surface area is 184 Å². The zero-order chi connectivity index (χ0) is 21.8. The van der Waals surface area contributed by atoms with E-state index in [4.69, 9.17) is 11.6 Å². The summed E-state index contributed by atoms with van der Waals surface area (Å²) in [7, 11) is -3.53. The number of aromatic nitrogens is 2. The second-order valence-corrected chi connectivity index (χ2v) is 9.13. The molecule has 0 amide bonds. The average Bonchev–Trinajstić information content (AvgIpc) is 2.75. The van der Waals surface area contributed by atoms with Crippen molar-refractivity contribution >= 4 is 49.9 Å². The highest BCUT2D eigenvalue weighted by molar-refractivity contribution is 7.93. The van der Waals surface area contributed by atoms with Gasteiger partial charge in [-0.2, -0.15) is 0 Å². The van der Waals surface area contributed by atoms with Gasteiger partial charge in [-0.05, 0) is 53.6 Å². The van der Waals surface area contributed by atoms with E-state index < -0.39 is 15.7 Å². The predicted molar refractivity (Wildman–Crippen MR) is 122 cm³/mol. The first-order valence-corrected chi connectivity index (χ1v) is 11.4. The van der Waals surface area contributed by atoms with Crippen molar-refractivity contribution in [3.63, 3.8) is 0 Å². The lowest BCUT2D eigenvalue weighted by Gasteiger charge is -2.09. The Hall–Kier alpha value is -3.29. The van der Waals surface area contributed by atoms with Gasteiger partial charge in [-0.3, -0.25) is 0 Å². The average molecular weight is 454 g/mol. The standard InChI is InChI=1S/C23H17ClFN3O2S/c24-21-13-18(25)8-7-17(21)11-12-31(29,30)14-16-5-9-19(10-6-16)28-23-20-3-1-2-4-22(20)26-15-27-23/h1-13,15H,14H2,(H,26,27,28)/b12-11+. The van der Waals surface area contributed by atoms with Gasteiger partial charge >= 0.3 is 0 Å². The first kappa shape index (κ1) is 21.0.